The summed E-state index contributed by atoms with van der Waals surface area (Å²) in [5, 5.41) is 0.634. The van der Waals surface area contributed by atoms with E-state index in [0.29, 0.717) is 16.7 Å². The Balaban J connectivity index is 1.62. The average Bonchev–Trinajstić information content (AvgIpc) is 3.30. The Hall–Kier alpha value is -3.80. The standard InChI is InChI=1S/C26H25NO5/c1-4-27(5-2)20-11-9-17(10-12-20)22-13-14-23(31-22)19-8-7-18-15-21(25(28)30-6-3)26(29)32-24(18)16-19/h7-16H,4-6H2,1-3H3. The molecule has 0 aliphatic rings. The second-order valence-corrected chi connectivity index (χ2v) is 7.30. The van der Waals surface area contributed by atoms with Crippen LogP contribution in [0.3, 0.4) is 0 Å². The number of fused-ring (bicyclic) bond motifs is 1. The first kappa shape index (κ1) is 21.4. The van der Waals surface area contributed by atoms with E-state index in [4.69, 9.17) is 13.6 Å². The van der Waals surface area contributed by atoms with Gasteiger partial charge in [0.2, 0.25) is 0 Å². The molecule has 0 fully saturated rings. The number of anilines is 1. The summed E-state index contributed by atoms with van der Waals surface area (Å²) in [6.45, 7) is 8.07. The number of furan rings is 1. The molecule has 0 aliphatic heterocycles. The van der Waals surface area contributed by atoms with Crippen molar-refractivity contribution in [3.05, 3.63) is 76.6 Å². The van der Waals surface area contributed by atoms with Gasteiger partial charge in [0.05, 0.1) is 6.61 Å². The maximum Gasteiger partial charge on any atom is 0.351 e. The van der Waals surface area contributed by atoms with E-state index in [0.717, 1.165) is 30.0 Å². The van der Waals surface area contributed by atoms with Gasteiger partial charge in [-0.05, 0) is 69.3 Å². The fraction of sp³-hybridized carbons (Fsp3) is 0.231. The molecule has 0 saturated carbocycles. The maximum absolute atomic E-state index is 12.2. The molecule has 4 aromatic rings. The molecule has 2 aromatic carbocycles. The molecule has 2 heterocycles. The predicted octanol–water partition coefficient (Wildman–Crippen LogP) is 5.74. The Morgan fingerprint density at radius 1 is 0.844 bits per heavy atom. The monoisotopic (exact) mass is 431 g/mol. The van der Waals surface area contributed by atoms with Crippen LogP contribution in [0, 0.1) is 0 Å². The van der Waals surface area contributed by atoms with Crippen LogP contribution >= 0.6 is 0 Å². The topological polar surface area (TPSA) is 72.9 Å². The molecule has 0 radical (unpaired) electrons. The number of hydrogen-bond donors (Lipinski definition) is 0. The fourth-order valence-electron chi connectivity index (χ4n) is 3.69. The quantitative estimate of drug-likeness (QED) is 0.274. The van der Waals surface area contributed by atoms with Crippen LogP contribution in [0.1, 0.15) is 31.1 Å². The molecule has 32 heavy (non-hydrogen) atoms. The van der Waals surface area contributed by atoms with E-state index in [1.54, 1.807) is 19.1 Å². The van der Waals surface area contributed by atoms with Crippen LogP contribution in [-0.2, 0) is 4.74 Å². The summed E-state index contributed by atoms with van der Waals surface area (Å²) in [5.41, 5.74) is 2.48. The molecule has 0 bridgehead atoms. The SMILES string of the molecule is CCOC(=O)c1cc2ccc(-c3ccc(-c4ccc(N(CC)CC)cc4)o3)cc2oc1=O. The van der Waals surface area contributed by atoms with E-state index in [9.17, 15) is 9.59 Å². The third-order valence-corrected chi connectivity index (χ3v) is 5.40. The minimum atomic E-state index is -0.721. The number of ether oxygens (including phenoxy) is 1. The lowest BCUT2D eigenvalue weighted by atomic mass is 10.1. The third kappa shape index (κ3) is 4.17. The van der Waals surface area contributed by atoms with E-state index in [1.807, 2.05) is 30.3 Å². The summed E-state index contributed by atoms with van der Waals surface area (Å²) in [6, 6.07) is 19.0. The number of carbonyl (C=O) groups is 1. The maximum atomic E-state index is 12.2. The highest BCUT2D eigenvalue weighted by Gasteiger charge is 2.16. The smallest absolute Gasteiger partial charge is 0.351 e. The van der Waals surface area contributed by atoms with Crippen molar-refractivity contribution in [2.45, 2.75) is 20.8 Å². The fourth-order valence-corrected chi connectivity index (χ4v) is 3.69. The molecule has 4 rings (SSSR count). The van der Waals surface area contributed by atoms with E-state index in [-0.39, 0.29) is 12.2 Å². The summed E-state index contributed by atoms with van der Waals surface area (Å²) >= 11 is 0. The van der Waals surface area contributed by atoms with Crippen LogP contribution in [0.4, 0.5) is 5.69 Å². The van der Waals surface area contributed by atoms with Gasteiger partial charge in [0.15, 0.2) is 0 Å². The summed E-state index contributed by atoms with van der Waals surface area (Å²) in [7, 11) is 0. The highest BCUT2D eigenvalue weighted by molar-refractivity contribution is 5.93. The number of benzene rings is 2. The van der Waals surface area contributed by atoms with Gasteiger partial charge in [-0.1, -0.05) is 12.1 Å². The van der Waals surface area contributed by atoms with Gasteiger partial charge in [0, 0.05) is 35.3 Å². The minimum absolute atomic E-state index is 0.111. The highest BCUT2D eigenvalue weighted by Crippen LogP contribution is 2.31. The Bertz CT molecular complexity index is 1300. The third-order valence-electron chi connectivity index (χ3n) is 5.40. The van der Waals surface area contributed by atoms with Crippen molar-refractivity contribution < 1.29 is 18.4 Å². The van der Waals surface area contributed by atoms with Gasteiger partial charge in [-0.2, -0.15) is 0 Å². The largest absolute Gasteiger partial charge is 0.462 e. The molecule has 0 N–H and O–H groups in total. The van der Waals surface area contributed by atoms with Crippen molar-refractivity contribution >= 4 is 22.6 Å². The van der Waals surface area contributed by atoms with E-state index >= 15 is 0 Å². The number of rotatable bonds is 7. The lowest BCUT2D eigenvalue weighted by Crippen LogP contribution is -2.21. The average molecular weight is 431 g/mol. The van der Waals surface area contributed by atoms with Crippen LogP contribution in [-0.4, -0.2) is 25.7 Å². The van der Waals surface area contributed by atoms with Crippen molar-refractivity contribution in [1.82, 2.24) is 0 Å². The van der Waals surface area contributed by atoms with Gasteiger partial charge in [0.25, 0.3) is 0 Å². The summed E-state index contributed by atoms with van der Waals surface area (Å²) in [4.78, 5) is 26.4. The molecule has 6 nitrogen and oxygen atoms in total. The zero-order valence-electron chi connectivity index (χ0n) is 18.4. The molecular formula is C26H25NO5. The number of hydrogen-bond acceptors (Lipinski definition) is 6. The Morgan fingerprint density at radius 2 is 1.50 bits per heavy atom. The van der Waals surface area contributed by atoms with Gasteiger partial charge in [-0.25, -0.2) is 9.59 Å². The zero-order chi connectivity index (χ0) is 22.7. The molecule has 0 aliphatic carbocycles. The van der Waals surface area contributed by atoms with Gasteiger partial charge in [-0.3, -0.25) is 0 Å². The molecule has 0 spiro atoms. The lowest BCUT2D eigenvalue weighted by molar-refractivity contribution is 0.0522. The van der Waals surface area contributed by atoms with Crippen LogP contribution in [0.5, 0.6) is 0 Å². The molecule has 6 heteroatoms. The summed E-state index contributed by atoms with van der Waals surface area (Å²) in [5.74, 6) is 0.729. The number of nitrogens with zero attached hydrogens (tertiary/aromatic N) is 1. The van der Waals surface area contributed by atoms with Crippen molar-refractivity contribution in [3.8, 4) is 22.6 Å². The molecule has 0 amide bonds. The molecule has 164 valence electrons. The van der Waals surface area contributed by atoms with E-state index in [2.05, 4.69) is 30.9 Å². The van der Waals surface area contributed by atoms with Crippen LogP contribution in [0.2, 0.25) is 0 Å². The second-order valence-electron chi connectivity index (χ2n) is 7.30. The van der Waals surface area contributed by atoms with Gasteiger partial charge in [0.1, 0.15) is 22.7 Å². The highest BCUT2D eigenvalue weighted by atomic mass is 16.5. The number of carbonyl (C=O) groups excluding carboxylic acids is 1. The van der Waals surface area contributed by atoms with Crippen LogP contribution in [0.25, 0.3) is 33.6 Å². The van der Waals surface area contributed by atoms with Crippen molar-refractivity contribution in [1.29, 1.82) is 0 Å². The Morgan fingerprint density at radius 3 is 2.16 bits per heavy atom. The first-order chi connectivity index (χ1) is 15.5. The second kappa shape index (κ2) is 9.14. The molecule has 2 aromatic heterocycles. The van der Waals surface area contributed by atoms with Crippen molar-refractivity contribution in [2.75, 3.05) is 24.6 Å². The lowest BCUT2D eigenvalue weighted by Gasteiger charge is -2.20. The normalized spacial score (nSPS) is 11.0. The molecule has 0 atom stereocenters. The van der Waals surface area contributed by atoms with E-state index < -0.39 is 11.6 Å². The predicted molar refractivity (Wildman–Crippen MR) is 125 cm³/mol. The van der Waals surface area contributed by atoms with E-state index in [1.165, 1.54) is 11.8 Å². The zero-order valence-corrected chi connectivity index (χ0v) is 18.4. The van der Waals surface area contributed by atoms with Gasteiger partial charge < -0.3 is 18.5 Å². The van der Waals surface area contributed by atoms with Gasteiger partial charge >= 0.3 is 11.6 Å². The number of esters is 1. The first-order valence-corrected chi connectivity index (χ1v) is 10.7. The Labute approximate surface area is 186 Å². The van der Waals surface area contributed by atoms with Crippen LogP contribution in [0.15, 0.2) is 74.3 Å². The minimum Gasteiger partial charge on any atom is -0.462 e. The van der Waals surface area contributed by atoms with Crippen molar-refractivity contribution in [3.63, 3.8) is 0 Å². The Kier molecular flexibility index (Phi) is 6.12. The van der Waals surface area contributed by atoms with Crippen molar-refractivity contribution in [2.24, 2.45) is 0 Å². The molecular weight excluding hydrogens is 406 g/mol. The molecule has 0 saturated heterocycles. The summed E-state index contributed by atoms with van der Waals surface area (Å²) < 4.78 is 16.4. The van der Waals surface area contributed by atoms with Gasteiger partial charge in [-0.15, -0.1) is 0 Å². The molecule has 0 unspecified atom stereocenters. The summed E-state index contributed by atoms with van der Waals surface area (Å²) in [6.07, 6.45) is 0. The van der Waals surface area contributed by atoms with Crippen LogP contribution < -0.4 is 10.5 Å². The first-order valence-electron chi connectivity index (χ1n) is 10.7.